The van der Waals surface area contributed by atoms with E-state index >= 15 is 0 Å². The van der Waals surface area contributed by atoms with Crippen molar-refractivity contribution in [3.8, 4) is 0 Å². The zero-order valence-corrected chi connectivity index (χ0v) is 22.9. The van der Waals surface area contributed by atoms with Gasteiger partial charge < -0.3 is 0 Å². The number of pyridine rings is 1. The molecule has 0 saturated carbocycles. The molecule has 0 aliphatic rings. The minimum absolute atomic E-state index is 1.20. The zero-order chi connectivity index (χ0) is 23.7. The van der Waals surface area contributed by atoms with Crippen LogP contribution in [0.15, 0.2) is 24.5 Å². The van der Waals surface area contributed by atoms with Gasteiger partial charge in [0.15, 0.2) is 12.4 Å². The summed E-state index contributed by atoms with van der Waals surface area (Å²) in [5, 5.41) is 0. The molecule has 192 valence electrons. The quantitative estimate of drug-likeness (QED) is 0.101. The monoisotopic (exact) mass is 458 g/mol. The average Bonchev–Trinajstić information content (AvgIpc) is 2.83. The SMILES string of the molecule is CCCCCCCCCCCCCCCCCCC[n+]1cccc(CCCCCCCC)c1. The Morgan fingerprint density at radius 1 is 0.485 bits per heavy atom. The minimum Gasteiger partial charge on any atom is -0.205 e. The lowest BCUT2D eigenvalue weighted by Crippen LogP contribution is -2.33. The highest BCUT2D eigenvalue weighted by Crippen LogP contribution is 2.14. The van der Waals surface area contributed by atoms with E-state index < -0.39 is 0 Å². The first-order valence-corrected chi connectivity index (χ1v) is 15.3. The molecule has 1 heterocycles. The number of rotatable bonds is 25. The predicted molar refractivity (Wildman–Crippen MR) is 148 cm³/mol. The predicted octanol–water partition coefficient (Wildman–Crippen LogP) is 10.5. The maximum atomic E-state index is 2.43. The number of aryl methyl sites for hydroxylation is 2. The van der Waals surface area contributed by atoms with Crippen LogP contribution in [0.4, 0.5) is 0 Å². The Hall–Kier alpha value is -0.850. The van der Waals surface area contributed by atoms with Crippen LogP contribution in [0, 0.1) is 0 Å². The van der Waals surface area contributed by atoms with E-state index in [9.17, 15) is 0 Å². The summed E-state index contributed by atoms with van der Waals surface area (Å²) in [5.74, 6) is 0. The molecule has 0 spiro atoms. The highest BCUT2D eigenvalue weighted by molar-refractivity contribution is 5.05. The molecule has 1 heteroatoms. The van der Waals surface area contributed by atoms with Crippen LogP contribution in [0.3, 0.4) is 0 Å². The van der Waals surface area contributed by atoms with Crippen LogP contribution >= 0.6 is 0 Å². The fourth-order valence-electron chi connectivity index (χ4n) is 4.99. The zero-order valence-electron chi connectivity index (χ0n) is 22.9. The largest absolute Gasteiger partial charge is 0.205 e. The Bertz CT molecular complexity index is 509. The fraction of sp³-hybridized carbons (Fsp3) is 0.844. The van der Waals surface area contributed by atoms with Gasteiger partial charge in [-0.2, -0.15) is 0 Å². The van der Waals surface area contributed by atoms with Crippen molar-refractivity contribution in [3.63, 3.8) is 0 Å². The molecule has 0 aromatic carbocycles. The standard InChI is InChI=1S/C32H60N/c1-3-5-7-9-11-12-13-14-15-16-17-18-19-20-21-23-25-29-33-30-26-28-32(31-33)27-24-22-10-8-6-4-2/h26,28,30-31H,3-25,27,29H2,1-2H3/q+1. The molecule has 1 aromatic rings. The van der Waals surface area contributed by atoms with Gasteiger partial charge in [0.05, 0.1) is 0 Å². The van der Waals surface area contributed by atoms with Crippen LogP contribution in [0.25, 0.3) is 0 Å². The summed E-state index contributed by atoms with van der Waals surface area (Å²) in [7, 11) is 0. The van der Waals surface area contributed by atoms with Gasteiger partial charge in [-0.1, -0.05) is 142 Å². The molecule has 1 nitrogen and oxygen atoms in total. The van der Waals surface area contributed by atoms with E-state index in [0.29, 0.717) is 0 Å². The molecule has 0 fully saturated rings. The number of hydrogen-bond donors (Lipinski definition) is 0. The first-order chi connectivity index (χ1) is 16.4. The van der Waals surface area contributed by atoms with Crippen molar-refractivity contribution in [2.45, 2.75) is 174 Å². The van der Waals surface area contributed by atoms with Crippen molar-refractivity contribution in [2.24, 2.45) is 0 Å². The second kappa shape index (κ2) is 24.3. The van der Waals surface area contributed by atoms with Gasteiger partial charge in [-0.15, -0.1) is 0 Å². The van der Waals surface area contributed by atoms with Gasteiger partial charge >= 0.3 is 0 Å². The molecule has 1 aromatic heterocycles. The Kier molecular flexibility index (Phi) is 22.2. The van der Waals surface area contributed by atoms with Gasteiger partial charge in [0.1, 0.15) is 6.54 Å². The molecule has 1 rings (SSSR count). The van der Waals surface area contributed by atoms with Crippen LogP contribution in [-0.2, 0) is 13.0 Å². The lowest BCUT2D eigenvalue weighted by Gasteiger charge is -2.04. The van der Waals surface area contributed by atoms with Crippen LogP contribution in [0.2, 0.25) is 0 Å². The molecule has 0 bridgehead atoms. The van der Waals surface area contributed by atoms with Crippen LogP contribution in [0.1, 0.15) is 167 Å². The molecule has 33 heavy (non-hydrogen) atoms. The van der Waals surface area contributed by atoms with E-state index in [1.807, 2.05) is 0 Å². The lowest BCUT2D eigenvalue weighted by molar-refractivity contribution is -0.697. The lowest BCUT2D eigenvalue weighted by atomic mass is 10.0. The molecule has 0 atom stereocenters. The van der Waals surface area contributed by atoms with E-state index in [4.69, 9.17) is 0 Å². The summed E-state index contributed by atoms with van der Waals surface area (Å²) in [6.07, 6.45) is 38.8. The highest BCUT2D eigenvalue weighted by Gasteiger charge is 2.03. The van der Waals surface area contributed by atoms with Crippen LogP contribution in [-0.4, -0.2) is 0 Å². The van der Waals surface area contributed by atoms with Gasteiger partial charge in [0, 0.05) is 18.1 Å². The third-order valence-corrected chi connectivity index (χ3v) is 7.26. The summed E-state index contributed by atoms with van der Waals surface area (Å²) >= 11 is 0. The summed E-state index contributed by atoms with van der Waals surface area (Å²) < 4.78 is 2.43. The third-order valence-electron chi connectivity index (χ3n) is 7.26. The van der Waals surface area contributed by atoms with Crippen molar-refractivity contribution in [1.82, 2.24) is 0 Å². The van der Waals surface area contributed by atoms with Gasteiger partial charge in [-0.3, -0.25) is 0 Å². The number of aromatic nitrogens is 1. The van der Waals surface area contributed by atoms with E-state index in [1.54, 1.807) is 0 Å². The summed E-state index contributed by atoms with van der Waals surface area (Å²) in [4.78, 5) is 0. The number of unbranched alkanes of at least 4 members (excludes halogenated alkanes) is 21. The molecule has 0 aliphatic carbocycles. The molecule has 0 aliphatic heterocycles. The number of hydrogen-bond acceptors (Lipinski definition) is 0. The van der Waals surface area contributed by atoms with Gasteiger partial charge in [0.25, 0.3) is 0 Å². The van der Waals surface area contributed by atoms with Crippen molar-refractivity contribution in [1.29, 1.82) is 0 Å². The molecule has 0 unspecified atom stereocenters. The third kappa shape index (κ3) is 20.3. The normalized spacial score (nSPS) is 11.3. The Morgan fingerprint density at radius 3 is 1.33 bits per heavy atom. The van der Waals surface area contributed by atoms with Crippen molar-refractivity contribution in [3.05, 3.63) is 30.1 Å². The average molecular weight is 459 g/mol. The van der Waals surface area contributed by atoms with Gasteiger partial charge in [-0.05, 0) is 25.3 Å². The van der Waals surface area contributed by atoms with Crippen molar-refractivity contribution < 1.29 is 4.57 Å². The summed E-state index contributed by atoms with van der Waals surface area (Å²) in [5.41, 5.74) is 1.53. The Labute approximate surface area is 209 Å². The van der Waals surface area contributed by atoms with E-state index in [-0.39, 0.29) is 0 Å². The van der Waals surface area contributed by atoms with Crippen molar-refractivity contribution in [2.75, 3.05) is 0 Å². The van der Waals surface area contributed by atoms with Gasteiger partial charge in [-0.25, -0.2) is 4.57 Å². The molecular formula is C32H60N+. The Balaban J connectivity index is 1.86. The fourth-order valence-corrected chi connectivity index (χ4v) is 4.99. The highest BCUT2D eigenvalue weighted by atomic mass is 14.9. The van der Waals surface area contributed by atoms with E-state index in [1.165, 1.54) is 166 Å². The second-order valence-electron chi connectivity index (χ2n) is 10.6. The Morgan fingerprint density at radius 2 is 0.879 bits per heavy atom. The summed E-state index contributed by atoms with van der Waals surface area (Å²) in [6, 6.07) is 4.57. The smallest absolute Gasteiger partial charge is 0.171 e. The molecular weight excluding hydrogens is 398 g/mol. The molecule has 0 saturated heterocycles. The molecule has 0 radical (unpaired) electrons. The maximum Gasteiger partial charge on any atom is 0.171 e. The second-order valence-corrected chi connectivity index (χ2v) is 10.6. The van der Waals surface area contributed by atoms with Crippen molar-refractivity contribution >= 4 is 0 Å². The van der Waals surface area contributed by atoms with E-state index in [2.05, 4.69) is 42.9 Å². The first kappa shape index (κ1) is 30.2. The summed E-state index contributed by atoms with van der Waals surface area (Å²) in [6.45, 7) is 5.79. The molecule has 0 amide bonds. The first-order valence-electron chi connectivity index (χ1n) is 15.3. The van der Waals surface area contributed by atoms with Crippen LogP contribution < -0.4 is 4.57 Å². The number of nitrogens with zero attached hydrogens (tertiary/aromatic N) is 1. The minimum atomic E-state index is 1.20. The molecule has 0 N–H and O–H groups in total. The maximum absolute atomic E-state index is 2.43. The van der Waals surface area contributed by atoms with Crippen LogP contribution in [0.5, 0.6) is 0 Å². The van der Waals surface area contributed by atoms with E-state index in [0.717, 1.165) is 0 Å². The van der Waals surface area contributed by atoms with Gasteiger partial charge in [0.2, 0.25) is 0 Å². The topological polar surface area (TPSA) is 3.88 Å².